The SMILES string of the molecule is CC(C)N(CCCCc1nc2cc(Cl)c(Cl)cc2[nH]1)C[C@H]1C[C@@H](n2cnc3c(NC4CC4)ncnc32)[C@H](O)[C@@H]1O. The molecule has 12 heteroatoms. The molecule has 10 nitrogen and oxygen atoms in total. The predicted molar refractivity (Wildman–Crippen MR) is 157 cm³/mol. The Kier molecular flexibility index (Phi) is 7.89. The summed E-state index contributed by atoms with van der Waals surface area (Å²) in [4.78, 5) is 23.8. The standard InChI is InChI=1S/C28H36Cl2N8O2/c1-15(2)37(8-4-3-5-23-35-20-10-18(29)19(30)11-21(20)36-23)12-16-9-22(26(40)25(16)39)38-14-33-24-27(34-17-6-7-17)31-13-32-28(24)38/h10-11,13-17,22,25-26,39-40H,3-9,12H2,1-2H3,(H,35,36)(H,31,32,34)/t16-,22-,25-,26+/m1/s1. The fourth-order valence-electron chi connectivity index (χ4n) is 5.82. The van der Waals surface area contributed by atoms with Crippen molar-refractivity contribution in [2.45, 2.75) is 82.7 Å². The summed E-state index contributed by atoms with van der Waals surface area (Å²) in [6, 6.07) is 4.08. The average molecular weight is 588 g/mol. The van der Waals surface area contributed by atoms with Gasteiger partial charge in [-0.05, 0) is 64.6 Å². The highest BCUT2D eigenvalue weighted by molar-refractivity contribution is 6.42. The van der Waals surface area contributed by atoms with Crippen molar-refractivity contribution in [1.29, 1.82) is 0 Å². The number of anilines is 1. The fourth-order valence-corrected chi connectivity index (χ4v) is 6.14. The van der Waals surface area contributed by atoms with Gasteiger partial charge < -0.3 is 30.0 Å². The summed E-state index contributed by atoms with van der Waals surface area (Å²) < 4.78 is 1.91. The largest absolute Gasteiger partial charge is 0.390 e. The van der Waals surface area contributed by atoms with Gasteiger partial charge in [-0.25, -0.2) is 19.9 Å². The summed E-state index contributed by atoms with van der Waals surface area (Å²) in [6.45, 7) is 5.97. The molecule has 214 valence electrons. The van der Waals surface area contributed by atoms with E-state index in [-0.39, 0.29) is 12.0 Å². The van der Waals surface area contributed by atoms with E-state index < -0.39 is 12.2 Å². The number of aliphatic hydroxyl groups is 2. The van der Waals surface area contributed by atoms with Crippen LogP contribution in [0.25, 0.3) is 22.2 Å². The molecule has 3 heterocycles. The second-order valence-electron chi connectivity index (χ2n) is 11.5. The number of unbranched alkanes of at least 4 members (excludes halogenated alkanes) is 1. The number of imidazole rings is 2. The number of benzene rings is 1. The first-order chi connectivity index (χ1) is 19.3. The molecule has 0 amide bonds. The zero-order chi connectivity index (χ0) is 28.0. The van der Waals surface area contributed by atoms with E-state index in [4.69, 9.17) is 23.2 Å². The van der Waals surface area contributed by atoms with Crippen LogP contribution in [0.5, 0.6) is 0 Å². The molecule has 6 rings (SSSR count). The maximum absolute atomic E-state index is 11.1. The van der Waals surface area contributed by atoms with E-state index in [9.17, 15) is 10.2 Å². The van der Waals surface area contributed by atoms with E-state index >= 15 is 0 Å². The first-order valence-corrected chi connectivity index (χ1v) is 14.9. The third-order valence-corrected chi connectivity index (χ3v) is 9.01. The molecule has 2 aliphatic carbocycles. The van der Waals surface area contributed by atoms with Crippen LogP contribution in [0.2, 0.25) is 10.0 Å². The number of aromatic nitrogens is 6. The summed E-state index contributed by atoms with van der Waals surface area (Å²) in [7, 11) is 0. The zero-order valence-corrected chi connectivity index (χ0v) is 24.3. The Morgan fingerprint density at radius 2 is 1.90 bits per heavy atom. The Labute approximate surface area is 243 Å². The minimum absolute atomic E-state index is 0.0596. The maximum Gasteiger partial charge on any atom is 0.165 e. The van der Waals surface area contributed by atoms with E-state index in [1.165, 1.54) is 6.33 Å². The maximum atomic E-state index is 11.1. The quantitative estimate of drug-likeness (QED) is 0.188. The number of nitrogens with zero attached hydrogens (tertiary/aromatic N) is 6. The summed E-state index contributed by atoms with van der Waals surface area (Å²) >= 11 is 12.3. The summed E-state index contributed by atoms with van der Waals surface area (Å²) in [5.74, 6) is 1.60. The number of halogens is 2. The lowest BCUT2D eigenvalue weighted by molar-refractivity contribution is -0.00177. The lowest BCUT2D eigenvalue weighted by Gasteiger charge is -2.30. The Morgan fingerprint density at radius 1 is 1.10 bits per heavy atom. The van der Waals surface area contributed by atoms with Gasteiger partial charge in [-0.1, -0.05) is 23.2 Å². The molecule has 40 heavy (non-hydrogen) atoms. The van der Waals surface area contributed by atoms with E-state index in [0.717, 1.165) is 61.3 Å². The third kappa shape index (κ3) is 5.65. The lowest BCUT2D eigenvalue weighted by atomic mass is 10.0. The molecule has 0 saturated heterocycles. The first-order valence-electron chi connectivity index (χ1n) is 14.2. The Hall–Kier alpha value is -2.50. The molecule has 4 atom stereocenters. The molecule has 2 fully saturated rings. The molecule has 2 aliphatic rings. The van der Waals surface area contributed by atoms with Gasteiger partial charge in [0.25, 0.3) is 0 Å². The summed E-state index contributed by atoms with van der Waals surface area (Å²) in [6.07, 6.45) is 7.28. The van der Waals surface area contributed by atoms with Crippen molar-refractivity contribution in [1.82, 2.24) is 34.4 Å². The van der Waals surface area contributed by atoms with Crippen molar-refractivity contribution in [2.24, 2.45) is 5.92 Å². The van der Waals surface area contributed by atoms with Crippen LogP contribution >= 0.6 is 23.2 Å². The Bertz CT molecular complexity index is 1450. The van der Waals surface area contributed by atoms with Gasteiger partial charge in [0, 0.05) is 31.0 Å². The lowest BCUT2D eigenvalue weighted by Crippen LogP contribution is -2.40. The van der Waals surface area contributed by atoms with Crippen molar-refractivity contribution in [2.75, 3.05) is 18.4 Å². The van der Waals surface area contributed by atoms with E-state index in [1.807, 2.05) is 10.6 Å². The van der Waals surface area contributed by atoms with E-state index in [2.05, 4.69) is 49.0 Å². The van der Waals surface area contributed by atoms with Gasteiger partial charge in [-0.2, -0.15) is 0 Å². The second kappa shape index (κ2) is 11.4. The Morgan fingerprint density at radius 3 is 2.67 bits per heavy atom. The second-order valence-corrected chi connectivity index (χ2v) is 12.3. The number of rotatable bonds is 11. The fraction of sp³-hybridized carbons (Fsp3) is 0.571. The summed E-state index contributed by atoms with van der Waals surface area (Å²) in [5.41, 5.74) is 3.11. The topological polar surface area (TPSA) is 128 Å². The number of aryl methyl sites for hydroxylation is 1. The first kappa shape index (κ1) is 27.7. The van der Waals surface area contributed by atoms with Crippen molar-refractivity contribution >= 4 is 51.2 Å². The zero-order valence-electron chi connectivity index (χ0n) is 22.8. The normalized spacial score (nSPS) is 23.3. The van der Waals surface area contributed by atoms with Gasteiger partial charge in [0.15, 0.2) is 11.5 Å². The van der Waals surface area contributed by atoms with Crippen molar-refractivity contribution < 1.29 is 10.2 Å². The Balaban J connectivity index is 1.07. The molecular weight excluding hydrogens is 551 g/mol. The van der Waals surface area contributed by atoms with Crippen LogP contribution in [0.1, 0.15) is 57.8 Å². The van der Waals surface area contributed by atoms with Gasteiger partial charge in [0.2, 0.25) is 0 Å². The molecule has 0 radical (unpaired) electrons. The van der Waals surface area contributed by atoms with E-state index in [0.29, 0.717) is 46.3 Å². The summed E-state index contributed by atoms with van der Waals surface area (Å²) in [5, 5.41) is 26.6. The van der Waals surface area contributed by atoms with Crippen LogP contribution < -0.4 is 5.32 Å². The van der Waals surface area contributed by atoms with Gasteiger partial charge in [-0.15, -0.1) is 0 Å². The molecule has 3 aromatic heterocycles. The van der Waals surface area contributed by atoms with Crippen molar-refractivity contribution in [3.05, 3.63) is 40.7 Å². The van der Waals surface area contributed by atoms with Crippen LogP contribution in [0, 0.1) is 5.92 Å². The average Bonchev–Trinajstić information content (AvgIpc) is 3.39. The van der Waals surface area contributed by atoms with Crippen molar-refractivity contribution in [3.63, 3.8) is 0 Å². The number of H-pyrrole nitrogens is 1. The number of fused-ring (bicyclic) bond motifs is 2. The molecule has 2 saturated carbocycles. The monoisotopic (exact) mass is 586 g/mol. The molecule has 0 aliphatic heterocycles. The predicted octanol–water partition coefficient (Wildman–Crippen LogP) is 4.60. The molecular formula is C28H36Cl2N8O2. The van der Waals surface area contributed by atoms with Gasteiger partial charge >= 0.3 is 0 Å². The highest BCUT2D eigenvalue weighted by Gasteiger charge is 2.43. The molecule has 0 unspecified atom stereocenters. The minimum atomic E-state index is -0.888. The van der Waals surface area contributed by atoms with Crippen molar-refractivity contribution in [3.8, 4) is 0 Å². The number of hydrogen-bond acceptors (Lipinski definition) is 8. The molecule has 4 aromatic rings. The molecule has 0 bridgehead atoms. The molecule has 1 aromatic carbocycles. The van der Waals surface area contributed by atoms with Crippen LogP contribution in [-0.2, 0) is 6.42 Å². The van der Waals surface area contributed by atoms with Crippen LogP contribution in [0.15, 0.2) is 24.8 Å². The van der Waals surface area contributed by atoms with Gasteiger partial charge in [-0.3, -0.25) is 0 Å². The number of aliphatic hydroxyl groups excluding tert-OH is 2. The van der Waals surface area contributed by atoms with Crippen LogP contribution in [0.3, 0.4) is 0 Å². The third-order valence-electron chi connectivity index (χ3n) is 8.29. The highest BCUT2D eigenvalue weighted by Crippen LogP contribution is 2.38. The molecule has 4 N–H and O–H groups in total. The number of aromatic amines is 1. The van der Waals surface area contributed by atoms with Crippen LogP contribution in [-0.4, -0.2) is 82.0 Å². The highest BCUT2D eigenvalue weighted by atomic mass is 35.5. The van der Waals surface area contributed by atoms with Gasteiger partial charge in [0.1, 0.15) is 23.8 Å². The number of hydrogen-bond donors (Lipinski definition) is 4. The number of nitrogens with one attached hydrogen (secondary N) is 2. The molecule has 0 spiro atoms. The smallest absolute Gasteiger partial charge is 0.165 e. The van der Waals surface area contributed by atoms with E-state index in [1.54, 1.807) is 12.4 Å². The minimum Gasteiger partial charge on any atom is -0.390 e. The van der Waals surface area contributed by atoms with Gasteiger partial charge in [0.05, 0.1) is 39.6 Å². The van der Waals surface area contributed by atoms with Crippen LogP contribution in [0.4, 0.5) is 5.82 Å².